The average molecular weight is 285 g/mol. The van der Waals surface area contributed by atoms with Crippen LogP contribution in [0.2, 0.25) is 0 Å². The highest BCUT2D eigenvalue weighted by molar-refractivity contribution is 5.95. The van der Waals surface area contributed by atoms with Gasteiger partial charge in [-0.2, -0.15) is 0 Å². The molecule has 0 radical (unpaired) electrons. The van der Waals surface area contributed by atoms with Gasteiger partial charge in [-0.15, -0.1) is 0 Å². The molecule has 0 aromatic heterocycles. The minimum Gasteiger partial charge on any atom is -0.497 e. The lowest BCUT2D eigenvalue weighted by molar-refractivity contribution is 0.0939. The van der Waals surface area contributed by atoms with Crippen molar-refractivity contribution in [1.82, 2.24) is 5.32 Å². The van der Waals surface area contributed by atoms with E-state index in [2.05, 4.69) is 5.32 Å². The molecule has 0 aliphatic rings. The highest BCUT2D eigenvalue weighted by Gasteiger charge is 2.13. The predicted octanol–water partition coefficient (Wildman–Crippen LogP) is 3.19. The molecule has 2 aromatic rings. The Morgan fingerprint density at radius 1 is 1.00 bits per heavy atom. The van der Waals surface area contributed by atoms with E-state index in [1.165, 1.54) is 0 Å². The summed E-state index contributed by atoms with van der Waals surface area (Å²) >= 11 is 0. The monoisotopic (exact) mass is 285 g/mol. The van der Waals surface area contributed by atoms with Crippen molar-refractivity contribution < 1.29 is 14.3 Å². The number of hydrogen-bond donors (Lipinski definition) is 1. The molecule has 0 saturated carbocycles. The summed E-state index contributed by atoms with van der Waals surface area (Å²) in [6, 6.07) is 14.9. The van der Waals surface area contributed by atoms with E-state index in [0.717, 1.165) is 5.56 Å². The fourth-order valence-corrected chi connectivity index (χ4v) is 2.04. The molecule has 21 heavy (non-hydrogen) atoms. The Balaban J connectivity index is 2.16. The maximum atomic E-state index is 12.3. The Labute approximate surface area is 124 Å². The summed E-state index contributed by atoms with van der Waals surface area (Å²) < 4.78 is 10.4. The molecule has 0 bridgehead atoms. The Morgan fingerprint density at radius 2 is 1.57 bits per heavy atom. The van der Waals surface area contributed by atoms with Gasteiger partial charge in [0.05, 0.1) is 20.3 Å². The molecule has 1 atom stereocenters. The lowest BCUT2D eigenvalue weighted by Gasteiger charge is -2.15. The van der Waals surface area contributed by atoms with Crippen LogP contribution < -0.4 is 14.8 Å². The van der Waals surface area contributed by atoms with Crippen molar-refractivity contribution in [3.63, 3.8) is 0 Å². The summed E-state index contributed by atoms with van der Waals surface area (Å²) in [6.07, 6.45) is 0. The maximum Gasteiger partial charge on any atom is 0.252 e. The van der Waals surface area contributed by atoms with Crippen molar-refractivity contribution >= 4 is 5.91 Å². The van der Waals surface area contributed by atoms with Crippen molar-refractivity contribution in [2.24, 2.45) is 0 Å². The quantitative estimate of drug-likeness (QED) is 0.917. The van der Waals surface area contributed by atoms with Gasteiger partial charge in [0.25, 0.3) is 5.91 Å². The molecular weight excluding hydrogens is 266 g/mol. The molecule has 1 amide bonds. The fourth-order valence-electron chi connectivity index (χ4n) is 2.04. The van der Waals surface area contributed by atoms with E-state index in [-0.39, 0.29) is 11.9 Å². The van der Waals surface area contributed by atoms with Gasteiger partial charge in [-0.1, -0.05) is 30.3 Å². The minimum absolute atomic E-state index is 0.0732. The Kier molecular flexibility index (Phi) is 4.82. The predicted molar refractivity (Wildman–Crippen MR) is 81.9 cm³/mol. The summed E-state index contributed by atoms with van der Waals surface area (Å²) in [5, 5.41) is 2.97. The molecular formula is C17H19NO3. The largest absolute Gasteiger partial charge is 0.497 e. The standard InChI is InChI=1S/C17H19NO3/c1-12(13-7-5-4-6-8-13)18-17(19)14-9-15(20-2)11-16(10-14)21-3/h4-12H,1-3H3,(H,18,19). The Morgan fingerprint density at radius 3 is 2.10 bits per heavy atom. The Hall–Kier alpha value is -2.49. The molecule has 2 rings (SSSR count). The number of ether oxygens (including phenoxy) is 2. The minimum atomic E-state index is -0.163. The zero-order valence-electron chi connectivity index (χ0n) is 12.4. The second-order valence-electron chi connectivity index (χ2n) is 4.71. The first-order valence-corrected chi connectivity index (χ1v) is 6.73. The van der Waals surface area contributed by atoms with Crippen LogP contribution in [0, 0.1) is 0 Å². The summed E-state index contributed by atoms with van der Waals surface area (Å²) in [4.78, 5) is 12.3. The molecule has 4 nitrogen and oxygen atoms in total. The number of nitrogens with one attached hydrogen (secondary N) is 1. The van der Waals surface area contributed by atoms with Crippen molar-refractivity contribution in [2.45, 2.75) is 13.0 Å². The van der Waals surface area contributed by atoms with E-state index in [9.17, 15) is 4.79 Å². The third-order valence-electron chi connectivity index (χ3n) is 3.26. The van der Waals surface area contributed by atoms with Gasteiger partial charge in [0.1, 0.15) is 11.5 Å². The van der Waals surface area contributed by atoms with Crippen LogP contribution in [-0.4, -0.2) is 20.1 Å². The first-order valence-electron chi connectivity index (χ1n) is 6.73. The second kappa shape index (κ2) is 6.79. The van der Waals surface area contributed by atoms with Gasteiger partial charge >= 0.3 is 0 Å². The zero-order chi connectivity index (χ0) is 15.2. The number of hydrogen-bond acceptors (Lipinski definition) is 3. The molecule has 4 heteroatoms. The highest BCUT2D eigenvalue weighted by atomic mass is 16.5. The van der Waals surface area contributed by atoms with Crippen molar-refractivity contribution in [3.05, 3.63) is 59.7 Å². The van der Waals surface area contributed by atoms with Crippen molar-refractivity contribution in [3.8, 4) is 11.5 Å². The van der Waals surface area contributed by atoms with Crippen LogP contribution in [0.15, 0.2) is 48.5 Å². The van der Waals surface area contributed by atoms with E-state index in [1.54, 1.807) is 32.4 Å². The summed E-state index contributed by atoms with van der Waals surface area (Å²) in [5.74, 6) is 1.02. The van der Waals surface area contributed by atoms with E-state index >= 15 is 0 Å². The first kappa shape index (κ1) is 14.9. The Bertz CT molecular complexity index is 588. The van der Waals surface area contributed by atoms with Crippen LogP contribution in [0.3, 0.4) is 0 Å². The van der Waals surface area contributed by atoms with Crippen LogP contribution in [-0.2, 0) is 0 Å². The molecule has 2 aromatic carbocycles. The smallest absolute Gasteiger partial charge is 0.252 e. The summed E-state index contributed by atoms with van der Waals surface area (Å²) in [7, 11) is 3.12. The molecule has 0 fully saturated rings. The van der Waals surface area contributed by atoms with E-state index in [0.29, 0.717) is 17.1 Å². The third-order valence-corrected chi connectivity index (χ3v) is 3.26. The van der Waals surface area contributed by atoms with Crippen molar-refractivity contribution in [2.75, 3.05) is 14.2 Å². The van der Waals surface area contributed by atoms with Crippen LogP contribution in [0.4, 0.5) is 0 Å². The molecule has 0 spiro atoms. The van der Waals surface area contributed by atoms with Gasteiger partial charge in [0.15, 0.2) is 0 Å². The average Bonchev–Trinajstić information content (AvgIpc) is 2.54. The maximum absolute atomic E-state index is 12.3. The van der Waals surface area contributed by atoms with Gasteiger partial charge in [0, 0.05) is 11.6 Å². The highest BCUT2D eigenvalue weighted by Crippen LogP contribution is 2.23. The lowest BCUT2D eigenvalue weighted by atomic mass is 10.1. The zero-order valence-corrected chi connectivity index (χ0v) is 12.4. The number of amides is 1. The number of carbonyl (C=O) groups is 1. The van der Waals surface area contributed by atoms with Crippen LogP contribution in [0.25, 0.3) is 0 Å². The summed E-state index contributed by atoms with van der Waals surface area (Å²) in [6.45, 7) is 1.95. The van der Waals surface area contributed by atoms with E-state index < -0.39 is 0 Å². The van der Waals surface area contributed by atoms with Crippen LogP contribution in [0.1, 0.15) is 28.9 Å². The van der Waals surface area contributed by atoms with Gasteiger partial charge < -0.3 is 14.8 Å². The number of benzene rings is 2. The molecule has 1 unspecified atom stereocenters. The topological polar surface area (TPSA) is 47.6 Å². The second-order valence-corrected chi connectivity index (χ2v) is 4.71. The van der Waals surface area contributed by atoms with E-state index in [1.807, 2.05) is 37.3 Å². The molecule has 110 valence electrons. The molecule has 0 heterocycles. The molecule has 0 aliphatic heterocycles. The van der Waals surface area contributed by atoms with Gasteiger partial charge in [-0.05, 0) is 24.6 Å². The van der Waals surface area contributed by atoms with Gasteiger partial charge in [0.2, 0.25) is 0 Å². The summed E-state index contributed by atoms with van der Waals surface area (Å²) in [5.41, 5.74) is 1.56. The van der Waals surface area contributed by atoms with Crippen molar-refractivity contribution in [1.29, 1.82) is 0 Å². The number of carbonyl (C=O) groups excluding carboxylic acids is 1. The van der Waals surface area contributed by atoms with Crippen LogP contribution >= 0.6 is 0 Å². The van der Waals surface area contributed by atoms with E-state index in [4.69, 9.17) is 9.47 Å². The molecule has 0 aliphatic carbocycles. The normalized spacial score (nSPS) is 11.6. The number of methoxy groups -OCH3 is 2. The van der Waals surface area contributed by atoms with Gasteiger partial charge in [-0.25, -0.2) is 0 Å². The van der Waals surface area contributed by atoms with Crippen LogP contribution in [0.5, 0.6) is 11.5 Å². The first-order chi connectivity index (χ1) is 10.1. The number of rotatable bonds is 5. The molecule has 1 N–H and O–H groups in total. The third kappa shape index (κ3) is 3.75. The lowest BCUT2D eigenvalue weighted by Crippen LogP contribution is -2.26. The SMILES string of the molecule is COc1cc(OC)cc(C(=O)NC(C)c2ccccc2)c1. The fraction of sp³-hybridized carbons (Fsp3) is 0.235. The molecule has 0 saturated heterocycles. The van der Waals surface area contributed by atoms with Gasteiger partial charge in [-0.3, -0.25) is 4.79 Å².